The Balaban J connectivity index is 1.70. The Hall–Kier alpha value is -3.99. The number of rotatable bonds is 3. The molecule has 0 saturated carbocycles. The van der Waals surface area contributed by atoms with E-state index in [9.17, 15) is 23.9 Å². The van der Waals surface area contributed by atoms with Gasteiger partial charge in [0.05, 0.1) is 31.0 Å². The number of aromatic hydroxyl groups is 1. The third-order valence-corrected chi connectivity index (χ3v) is 6.94. The summed E-state index contributed by atoms with van der Waals surface area (Å²) in [6, 6.07) is 2.87. The average molecular weight is 511 g/mol. The van der Waals surface area contributed by atoms with Gasteiger partial charge in [0, 0.05) is 31.7 Å². The molecule has 2 saturated heterocycles. The van der Waals surface area contributed by atoms with Crippen LogP contribution in [-0.2, 0) is 14.3 Å². The highest BCUT2D eigenvalue weighted by Crippen LogP contribution is 2.43. The van der Waals surface area contributed by atoms with Gasteiger partial charge >= 0.3 is 5.97 Å². The molecular formula is C26H27FN4O6. The number of morpholine rings is 1. The fourth-order valence-electron chi connectivity index (χ4n) is 5.03. The number of carbonyl (C=O) groups excluding carboxylic acids is 3. The van der Waals surface area contributed by atoms with Gasteiger partial charge in [0.25, 0.3) is 5.91 Å². The molecule has 0 spiro atoms. The Kier molecular flexibility index (Phi) is 6.55. The molecule has 2 aromatic rings. The van der Waals surface area contributed by atoms with Gasteiger partial charge in [-0.3, -0.25) is 9.59 Å². The van der Waals surface area contributed by atoms with Gasteiger partial charge in [-0.25, -0.2) is 14.2 Å². The van der Waals surface area contributed by atoms with E-state index in [4.69, 9.17) is 9.47 Å². The van der Waals surface area contributed by atoms with E-state index in [2.05, 4.69) is 11.6 Å². The molecule has 0 unspecified atom stereocenters. The Morgan fingerprint density at radius 2 is 1.95 bits per heavy atom. The first-order valence-corrected chi connectivity index (χ1v) is 12.1. The molecule has 4 heterocycles. The second-order valence-corrected chi connectivity index (χ2v) is 9.12. The minimum atomic E-state index is -1.03. The maximum absolute atomic E-state index is 14.9. The molecule has 3 aliphatic heterocycles. The van der Waals surface area contributed by atoms with Crippen molar-refractivity contribution in [2.24, 2.45) is 0 Å². The average Bonchev–Trinajstić information content (AvgIpc) is 3.18. The maximum Gasteiger partial charge on any atom is 0.336 e. The normalized spacial score (nSPS) is 19.9. The van der Waals surface area contributed by atoms with Crippen LogP contribution in [0.15, 0.2) is 30.9 Å². The number of amides is 2. The second kappa shape index (κ2) is 9.81. The van der Waals surface area contributed by atoms with Crippen LogP contribution in [-0.4, -0.2) is 89.7 Å². The van der Waals surface area contributed by atoms with Crippen LogP contribution in [0.5, 0.6) is 11.5 Å². The number of aromatic nitrogens is 1. The summed E-state index contributed by atoms with van der Waals surface area (Å²) >= 11 is 0. The van der Waals surface area contributed by atoms with Crippen molar-refractivity contribution in [2.45, 2.75) is 19.4 Å². The number of halogens is 1. The molecule has 11 heteroatoms. The summed E-state index contributed by atoms with van der Waals surface area (Å²) in [7, 11) is 0. The van der Waals surface area contributed by atoms with E-state index >= 15 is 0 Å². The van der Waals surface area contributed by atoms with Crippen molar-refractivity contribution < 1.29 is 33.4 Å². The third-order valence-electron chi connectivity index (χ3n) is 6.94. The van der Waals surface area contributed by atoms with Crippen LogP contribution in [0.4, 0.5) is 10.2 Å². The first-order valence-electron chi connectivity index (χ1n) is 12.1. The molecule has 3 aliphatic rings. The zero-order valence-electron chi connectivity index (χ0n) is 20.4. The van der Waals surface area contributed by atoms with Gasteiger partial charge in [0.15, 0.2) is 5.75 Å². The predicted molar refractivity (Wildman–Crippen MR) is 131 cm³/mol. The molecule has 2 fully saturated rings. The van der Waals surface area contributed by atoms with Gasteiger partial charge in [-0.2, -0.15) is 0 Å². The molecule has 2 amide bonds. The van der Waals surface area contributed by atoms with Gasteiger partial charge < -0.3 is 29.3 Å². The Bertz CT molecular complexity index is 1270. The van der Waals surface area contributed by atoms with Crippen LogP contribution in [0.1, 0.15) is 22.3 Å². The van der Waals surface area contributed by atoms with Crippen molar-refractivity contribution in [2.75, 3.05) is 50.8 Å². The molecule has 37 heavy (non-hydrogen) atoms. The molecule has 1 atom stereocenters. The maximum atomic E-state index is 14.9. The number of pyridine rings is 1. The summed E-state index contributed by atoms with van der Waals surface area (Å²) in [4.78, 5) is 49.2. The Morgan fingerprint density at radius 3 is 2.65 bits per heavy atom. The molecule has 10 nitrogen and oxygen atoms in total. The molecule has 1 N–H and O–H groups in total. The highest BCUT2D eigenvalue weighted by atomic mass is 19.1. The molecular weight excluding hydrogens is 483 g/mol. The highest BCUT2D eigenvalue weighted by molar-refractivity contribution is 6.07. The summed E-state index contributed by atoms with van der Waals surface area (Å²) in [5, 5.41) is 10.5. The van der Waals surface area contributed by atoms with Gasteiger partial charge in [0.2, 0.25) is 5.91 Å². The smallest absolute Gasteiger partial charge is 0.336 e. The first kappa shape index (κ1) is 24.7. The van der Waals surface area contributed by atoms with Crippen molar-refractivity contribution in [3.63, 3.8) is 0 Å². The minimum absolute atomic E-state index is 0.0289. The summed E-state index contributed by atoms with van der Waals surface area (Å²) in [5.74, 6) is -2.35. The van der Waals surface area contributed by atoms with E-state index in [0.29, 0.717) is 39.3 Å². The molecule has 5 rings (SSSR count). The van der Waals surface area contributed by atoms with Crippen molar-refractivity contribution in [1.29, 1.82) is 0 Å². The summed E-state index contributed by atoms with van der Waals surface area (Å²) < 4.78 is 26.2. The van der Waals surface area contributed by atoms with Gasteiger partial charge in [-0.15, -0.1) is 0 Å². The SMILES string of the molecule is C=CC(=O)N1CCCN2C(=O)c3c(N4CCOCC4)nc(-c4c(O)cccc4F)c(C)c3OC(=O)[C@H]2C1. The number of anilines is 1. The van der Waals surface area contributed by atoms with Crippen LogP contribution < -0.4 is 9.64 Å². The van der Waals surface area contributed by atoms with E-state index in [0.717, 1.165) is 0 Å². The van der Waals surface area contributed by atoms with E-state index < -0.39 is 23.7 Å². The van der Waals surface area contributed by atoms with Crippen LogP contribution in [0, 0.1) is 12.7 Å². The van der Waals surface area contributed by atoms with E-state index in [1.54, 1.807) is 6.92 Å². The zero-order chi connectivity index (χ0) is 26.3. The molecule has 1 aromatic carbocycles. The van der Waals surface area contributed by atoms with Crippen molar-refractivity contribution in [3.8, 4) is 22.8 Å². The van der Waals surface area contributed by atoms with E-state index in [1.807, 2.05) is 4.90 Å². The van der Waals surface area contributed by atoms with Crippen LogP contribution in [0.3, 0.4) is 0 Å². The van der Waals surface area contributed by atoms with Crippen molar-refractivity contribution in [3.05, 3.63) is 47.8 Å². The lowest BCUT2D eigenvalue weighted by molar-refractivity contribution is -0.140. The fourth-order valence-corrected chi connectivity index (χ4v) is 5.03. The summed E-state index contributed by atoms with van der Waals surface area (Å²) in [6.45, 7) is 7.26. The van der Waals surface area contributed by atoms with Crippen LogP contribution >= 0.6 is 0 Å². The zero-order valence-corrected chi connectivity index (χ0v) is 20.4. The van der Waals surface area contributed by atoms with Gasteiger partial charge in [0.1, 0.15) is 29.0 Å². The number of fused-ring (bicyclic) bond motifs is 2. The number of phenols is 1. The molecule has 0 bridgehead atoms. The number of carbonyl (C=O) groups is 3. The third kappa shape index (κ3) is 4.29. The standard InChI is InChI=1S/C26H27FN4O6/c1-3-19(33)30-8-5-9-31-17(14-30)26(35)37-23-15(2)22(20-16(27)6-4-7-18(20)32)28-24(21(23)25(31)34)29-10-12-36-13-11-29/h3-4,6-7,17,32H,1,5,8-14H2,2H3/t17-/m1/s1. The predicted octanol–water partition coefficient (Wildman–Crippen LogP) is 1.89. The quantitative estimate of drug-likeness (QED) is 0.492. The monoisotopic (exact) mass is 510 g/mol. The number of benzene rings is 1. The lowest BCUT2D eigenvalue weighted by atomic mass is 10.0. The number of esters is 1. The lowest BCUT2D eigenvalue weighted by Crippen LogP contribution is -2.50. The van der Waals surface area contributed by atoms with Crippen LogP contribution in [0.2, 0.25) is 0 Å². The van der Waals surface area contributed by atoms with Gasteiger partial charge in [-0.05, 0) is 31.6 Å². The number of nitrogens with zero attached hydrogens (tertiary/aromatic N) is 4. The number of phenolic OH excluding ortho intramolecular Hbond substituents is 1. The Morgan fingerprint density at radius 1 is 1.19 bits per heavy atom. The first-order chi connectivity index (χ1) is 17.8. The fraction of sp³-hybridized carbons (Fsp3) is 0.385. The number of hydrogen-bond donors (Lipinski definition) is 1. The topological polar surface area (TPSA) is 113 Å². The molecule has 0 radical (unpaired) electrons. The van der Waals surface area contributed by atoms with Crippen molar-refractivity contribution >= 4 is 23.6 Å². The van der Waals surface area contributed by atoms with E-state index in [1.165, 1.54) is 34.1 Å². The van der Waals surface area contributed by atoms with Crippen molar-refractivity contribution in [1.82, 2.24) is 14.8 Å². The largest absolute Gasteiger partial charge is 0.507 e. The number of ether oxygens (including phenoxy) is 2. The van der Waals surface area contributed by atoms with Gasteiger partial charge in [-0.1, -0.05) is 12.6 Å². The van der Waals surface area contributed by atoms with E-state index in [-0.39, 0.29) is 58.7 Å². The summed E-state index contributed by atoms with van der Waals surface area (Å²) in [6.07, 6.45) is 1.64. The minimum Gasteiger partial charge on any atom is -0.507 e. The molecule has 0 aliphatic carbocycles. The second-order valence-electron chi connectivity index (χ2n) is 9.12. The van der Waals surface area contributed by atoms with Crippen LogP contribution in [0.25, 0.3) is 11.3 Å². The number of hydrogen-bond acceptors (Lipinski definition) is 8. The summed E-state index contributed by atoms with van der Waals surface area (Å²) in [5.41, 5.74) is 0.253. The highest BCUT2D eigenvalue weighted by Gasteiger charge is 2.43. The Labute approximate surface area is 212 Å². The molecule has 194 valence electrons. The lowest BCUT2D eigenvalue weighted by Gasteiger charge is -2.31. The molecule has 1 aromatic heterocycles.